The molecule has 0 aliphatic rings. The van der Waals surface area contributed by atoms with Crippen LogP contribution >= 0.6 is 34.7 Å². The summed E-state index contributed by atoms with van der Waals surface area (Å²) < 4.78 is 8.73. The molecule has 0 aliphatic heterocycles. The summed E-state index contributed by atoms with van der Waals surface area (Å²) >= 11 is 9.36. The Labute approximate surface area is 176 Å². The second kappa shape index (κ2) is 8.66. The highest BCUT2D eigenvalue weighted by molar-refractivity contribution is 7.98. The molecule has 0 atom stereocenters. The molecule has 0 amide bonds. The van der Waals surface area contributed by atoms with Gasteiger partial charge >= 0.3 is 0 Å². The van der Waals surface area contributed by atoms with Crippen LogP contribution in [0.2, 0.25) is 5.02 Å². The van der Waals surface area contributed by atoms with Crippen LogP contribution in [-0.2, 0) is 17.0 Å². The smallest absolute Gasteiger partial charge is 0.272 e. The minimum atomic E-state index is 0.0176. The third kappa shape index (κ3) is 3.82. The van der Waals surface area contributed by atoms with E-state index in [2.05, 4.69) is 0 Å². The van der Waals surface area contributed by atoms with E-state index in [-0.39, 0.29) is 5.56 Å². The molecule has 2 aromatic carbocycles. The van der Waals surface area contributed by atoms with Crippen LogP contribution in [0, 0.1) is 0 Å². The van der Waals surface area contributed by atoms with Gasteiger partial charge in [-0.2, -0.15) is 0 Å². The van der Waals surface area contributed by atoms with E-state index in [1.54, 1.807) is 23.4 Å². The summed E-state index contributed by atoms with van der Waals surface area (Å²) in [6.45, 7) is 1.18. The minimum Gasteiger partial charge on any atom is -0.385 e. The SMILES string of the molecule is COCCCn1c(SCc2ccccc2Cl)nc2c(sc3ccccc32)c1=O. The Balaban J connectivity index is 1.79. The molecule has 2 heterocycles. The lowest BCUT2D eigenvalue weighted by Crippen LogP contribution is -2.23. The van der Waals surface area contributed by atoms with Gasteiger partial charge in [-0.15, -0.1) is 11.3 Å². The van der Waals surface area contributed by atoms with E-state index >= 15 is 0 Å². The Kier molecular flexibility index (Phi) is 6.01. The summed E-state index contributed by atoms with van der Waals surface area (Å²) in [5.41, 5.74) is 1.83. The van der Waals surface area contributed by atoms with Gasteiger partial charge in [-0.3, -0.25) is 9.36 Å². The number of aromatic nitrogens is 2. The standard InChI is InChI=1S/C21H19ClN2O2S2/c1-26-12-6-11-24-20(25)19-18(15-8-3-5-10-17(15)28-19)23-21(24)27-13-14-7-2-4-9-16(14)22/h2-5,7-10H,6,11-13H2,1H3. The van der Waals surface area contributed by atoms with Crippen molar-refractivity contribution in [1.82, 2.24) is 9.55 Å². The van der Waals surface area contributed by atoms with Crippen LogP contribution in [0.15, 0.2) is 58.5 Å². The Bertz CT molecular complexity index is 1190. The quantitative estimate of drug-likeness (QED) is 0.217. The van der Waals surface area contributed by atoms with Crippen molar-refractivity contribution in [3.05, 3.63) is 69.5 Å². The fourth-order valence-electron chi connectivity index (χ4n) is 3.09. The van der Waals surface area contributed by atoms with Gasteiger partial charge in [-0.05, 0) is 24.1 Å². The molecule has 0 bridgehead atoms. The topological polar surface area (TPSA) is 44.1 Å². The van der Waals surface area contributed by atoms with E-state index in [1.165, 1.54) is 11.3 Å². The first-order valence-electron chi connectivity index (χ1n) is 8.96. The molecule has 0 saturated heterocycles. The second-order valence-electron chi connectivity index (χ2n) is 6.35. The lowest BCUT2D eigenvalue weighted by molar-refractivity contribution is 0.189. The van der Waals surface area contributed by atoms with E-state index in [4.69, 9.17) is 21.3 Å². The monoisotopic (exact) mass is 430 g/mol. The molecule has 0 aliphatic carbocycles. The highest BCUT2D eigenvalue weighted by Crippen LogP contribution is 2.33. The van der Waals surface area contributed by atoms with E-state index < -0.39 is 0 Å². The lowest BCUT2D eigenvalue weighted by atomic mass is 10.2. The molecule has 144 valence electrons. The van der Waals surface area contributed by atoms with E-state index in [9.17, 15) is 4.79 Å². The maximum absolute atomic E-state index is 13.2. The van der Waals surface area contributed by atoms with Crippen molar-refractivity contribution in [3.8, 4) is 0 Å². The van der Waals surface area contributed by atoms with Gasteiger partial charge in [0, 0.05) is 41.1 Å². The zero-order valence-electron chi connectivity index (χ0n) is 15.4. The molecule has 7 heteroatoms. The Morgan fingerprint density at radius 1 is 1.18 bits per heavy atom. The third-order valence-corrected chi connectivity index (χ3v) is 7.03. The van der Waals surface area contributed by atoms with Crippen LogP contribution < -0.4 is 5.56 Å². The highest BCUT2D eigenvalue weighted by atomic mass is 35.5. The molecule has 0 fully saturated rings. The fraction of sp³-hybridized carbons (Fsp3) is 0.238. The lowest BCUT2D eigenvalue weighted by Gasteiger charge is -2.12. The van der Waals surface area contributed by atoms with Crippen molar-refractivity contribution in [3.63, 3.8) is 0 Å². The minimum absolute atomic E-state index is 0.0176. The third-order valence-electron chi connectivity index (χ3n) is 4.49. The van der Waals surface area contributed by atoms with Crippen molar-refractivity contribution < 1.29 is 4.74 Å². The van der Waals surface area contributed by atoms with Gasteiger partial charge in [0.2, 0.25) is 0 Å². The summed E-state index contributed by atoms with van der Waals surface area (Å²) in [6.07, 6.45) is 0.758. The van der Waals surface area contributed by atoms with Crippen LogP contribution in [0.25, 0.3) is 20.3 Å². The number of rotatable bonds is 7. The summed E-state index contributed by atoms with van der Waals surface area (Å²) in [7, 11) is 1.67. The number of ether oxygens (including phenoxy) is 1. The summed E-state index contributed by atoms with van der Waals surface area (Å²) in [6, 6.07) is 15.8. The first-order chi connectivity index (χ1) is 13.7. The van der Waals surface area contributed by atoms with Crippen molar-refractivity contribution >= 4 is 55.0 Å². The van der Waals surface area contributed by atoms with Crippen LogP contribution in [0.4, 0.5) is 0 Å². The molecule has 0 unspecified atom stereocenters. The van der Waals surface area contributed by atoms with Gasteiger partial charge in [0.15, 0.2) is 5.16 Å². The van der Waals surface area contributed by atoms with Crippen molar-refractivity contribution in [2.45, 2.75) is 23.9 Å². The van der Waals surface area contributed by atoms with Gasteiger partial charge in [0.1, 0.15) is 4.70 Å². The van der Waals surface area contributed by atoms with Crippen LogP contribution in [-0.4, -0.2) is 23.3 Å². The Morgan fingerprint density at radius 3 is 2.79 bits per heavy atom. The van der Waals surface area contributed by atoms with Gasteiger partial charge in [-0.25, -0.2) is 4.98 Å². The van der Waals surface area contributed by atoms with Crippen molar-refractivity contribution in [2.24, 2.45) is 0 Å². The number of nitrogens with zero attached hydrogens (tertiary/aromatic N) is 2. The number of thioether (sulfide) groups is 1. The number of halogens is 1. The first kappa shape index (κ1) is 19.5. The molecule has 2 aromatic heterocycles. The Hall–Kier alpha value is -1.86. The number of hydrogen-bond acceptors (Lipinski definition) is 5. The summed E-state index contributed by atoms with van der Waals surface area (Å²) in [4.78, 5) is 18.1. The Morgan fingerprint density at radius 2 is 1.96 bits per heavy atom. The predicted octanol–water partition coefficient (Wildman–Crippen LogP) is 5.59. The van der Waals surface area contributed by atoms with E-state index in [0.29, 0.717) is 23.6 Å². The normalized spacial score (nSPS) is 11.5. The maximum Gasteiger partial charge on any atom is 0.272 e. The molecule has 0 radical (unpaired) electrons. The summed E-state index contributed by atoms with van der Waals surface area (Å²) in [5.74, 6) is 0.657. The number of fused-ring (bicyclic) bond motifs is 3. The molecule has 0 N–H and O–H groups in total. The van der Waals surface area contributed by atoms with Gasteiger partial charge in [-0.1, -0.05) is 59.8 Å². The molecular formula is C21H19ClN2O2S2. The molecule has 28 heavy (non-hydrogen) atoms. The van der Waals surface area contributed by atoms with Crippen LogP contribution in [0.3, 0.4) is 0 Å². The summed E-state index contributed by atoms with van der Waals surface area (Å²) in [5, 5.41) is 2.48. The molecule has 0 spiro atoms. The number of hydrogen-bond donors (Lipinski definition) is 0. The molecule has 4 nitrogen and oxygen atoms in total. The largest absolute Gasteiger partial charge is 0.385 e. The zero-order chi connectivity index (χ0) is 19.5. The van der Waals surface area contributed by atoms with Crippen LogP contribution in [0.1, 0.15) is 12.0 Å². The van der Waals surface area contributed by atoms with E-state index in [1.807, 2.05) is 48.5 Å². The maximum atomic E-state index is 13.2. The molecule has 4 aromatic rings. The van der Waals surface area contributed by atoms with Gasteiger partial charge in [0.05, 0.1) is 5.52 Å². The van der Waals surface area contributed by atoms with Crippen LogP contribution in [0.5, 0.6) is 0 Å². The first-order valence-corrected chi connectivity index (χ1v) is 11.1. The average Bonchev–Trinajstić information content (AvgIpc) is 3.08. The number of thiophene rings is 1. The average molecular weight is 431 g/mol. The van der Waals surface area contributed by atoms with Gasteiger partial charge < -0.3 is 4.74 Å². The second-order valence-corrected chi connectivity index (χ2v) is 8.76. The number of benzene rings is 2. The zero-order valence-corrected chi connectivity index (χ0v) is 17.7. The van der Waals surface area contributed by atoms with E-state index in [0.717, 1.165) is 37.8 Å². The fourth-order valence-corrected chi connectivity index (χ4v) is 5.48. The highest BCUT2D eigenvalue weighted by Gasteiger charge is 2.16. The van der Waals surface area contributed by atoms with Gasteiger partial charge in [0.25, 0.3) is 5.56 Å². The van der Waals surface area contributed by atoms with Crippen molar-refractivity contribution in [2.75, 3.05) is 13.7 Å². The molecule has 0 saturated carbocycles. The molecule has 4 rings (SSSR count). The molecular weight excluding hydrogens is 412 g/mol. The number of methoxy groups -OCH3 is 1. The predicted molar refractivity (Wildman–Crippen MR) is 119 cm³/mol. The van der Waals surface area contributed by atoms with Crippen molar-refractivity contribution in [1.29, 1.82) is 0 Å².